The van der Waals surface area contributed by atoms with Gasteiger partial charge in [0.1, 0.15) is 6.61 Å². The number of nitrogens with zero attached hydrogens (tertiary/aromatic N) is 1. The van der Waals surface area contributed by atoms with E-state index < -0.39 is 23.7 Å². The number of aliphatic hydroxyl groups is 1. The molecule has 0 radical (unpaired) electrons. The largest absolute Gasteiger partial charge is 0.480 e. The second kappa shape index (κ2) is 6.76. The van der Waals surface area contributed by atoms with Gasteiger partial charge >= 0.3 is 12.1 Å². The van der Waals surface area contributed by atoms with Crippen LogP contribution < -0.4 is 5.32 Å². The zero-order valence-corrected chi connectivity index (χ0v) is 12.4. The van der Waals surface area contributed by atoms with E-state index >= 15 is 0 Å². The Balaban J connectivity index is 1.83. The molecular weight excluding hydrogens is 288 g/mol. The molecule has 1 amide bonds. The molecule has 120 valence electrons. The molecule has 0 bridgehead atoms. The smallest absolute Gasteiger partial charge is 0.410 e. The Morgan fingerprint density at radius 1 is 1.36 bits per heavy atom. The van der Waals surface area contributed by atoms with Crippen molar-refractivity contribution in [2.24, 2.45) is 0 Å². The van der Waals surface area contributed by atoms with E-state index in [2.05, 4.69) is 5.32 Å². The van der Waals surface area contributed by atoms with Gasteiger partial charge in [-0.3, -0.25) is 10.1 Å². The molecule has 3 N–H and O–H groups in total. The normalized spacial score (nSPS) is 17.5. The van der Waals surface area contributed by atoms with Crippen molar-refractivity contribution < 1.29 is 24.5 Å². The van der Waals surface area contributed by atoms with E-state index in [1.54, 1.807) is 6.92 Å². The first-order chi connectivity index (χ1) is 10.4. The van der Waals surface area contributed by atoms with Gasteiger partial charge in [-0.2, -0.15) is 0 Å². The Morgan fingerprint density at radius 2 is 2.00 bits per heavy atom. The van der Waals surface area contributed by atoms with Gasteiger partial charge < -0.3 is 19.8 Å². The summed E-state index contributed by atoms with van der Waals surface area (Å²) in [6.07, 6.45) is -1.20. The van der Waals surface area contributed by atoms with E-state index in [9.17, 15) is 19.8 Å². The summed E-state index contributed by atoms with van der Waals surface area (Å²) in [5.41, 5.74) is -0.337. The van der Waals surface area contributed by atoms with Crippen LogP contribution in [0.4, 0.5) is 4.79 Å². The lowest BCUT2D eigenvalue weighted by Crippen LogP contribution is -2.74. The highest BCUT2D eigenvalue weighted by atomic mass is 16.6. The predicted molar refractivity (Wildman–Crippen MR) is 78.3 cm³/mol. The van der Waals surface area contributed by atoms with Crippen LogP contribution in [-0.4, -0.2) is 58.5 Å². The maximum absolute atomic E-state index is 11.9. The highest BCUT2D eigenvalue weighted by Crippen LogP contribution is 2.22. The van der Waals surface area contributed by atoms with Gasteiger partial charge in [0.2, 0.25) is 0 Å². The van der Waals surface area contributed by atoms with Crippen LogP contribution in [0.1, 0.15) is 12.5 Å². The summed E-state index contributed by atoms with van der Waals surface area (Å²) in [7, 11) is 0. The number of hydrogen-bond donors (Lipinski definition) is 3. The van der Waals surface area contributed by atoms with E-state index in [1.165, 1.54) is 4.90 Å². The maximum atomic E-state index is 11.9. The summed E-state index contributed by atoms with van der Waals surface area (Å²) in [6.45, 7) is 1.90. The van der Waals surface area contributed by atoms with Crippen molar-refractivity contribution in [3.8, 4) is 0 Å². The highest BCUT2D eigenvalue weighted by Gasteiger charge is 2.51. The summed E-state index contributed by atoms with van der Waals surface area (Å²) in [6, 6.07) is 9.25. The summed E-state index contributed by atoms with van der Waals surface area (Å²) in [5.74, 6) is -1.04. The molecule has 1 aromatic carbocycles. The minimum absolute atomic E-state index is 0.0165. The van der Waals surface area contributed by atoms with E-state index in [-0.39, 0.29) is 26.2 Å². The maximum Gasteiger partial charge on any atom is 0.410 e. The van der Waals surface area contributed by atoms with Crippen molar-refractivity contribution in [3.05, 3.63) is 35.9 Å². The van der Waals surface area contributed by atoms with Crippen molar-refractivity contribution in [1.82, 2.24) is 10.2 Å². The van der Waals surface area contributed by atoms with Gasteiger partial charge in [-0.1, -0.05) is 30.3 Å². The molecule has 7 nitrogen and oxygen atoms in total. The fourth-order valence-electron chi connectivity index (χ4n) is 2.21. The molecule has 7 heteroatoms. The standard InChI is InChI=1S/C15H20N2O5/c1-11(18)7-16-15(13(19)20)9-17(10-15)14(21)22-8-12-5-3-2-4-6-12/h2-6,11,16,18H,7-10H2,1H3,(H,19,20). The van der Waals surface area contributed by atoms with Crippen molar-refractivity contribution in [2.75, 3.05) is 19.6 Å². The van der Waals surface area contributed by atoms with Gasteiger partial charge in [-0.15, -0.1) is 0 Å². The monoisotopic (exact) mass is 308 g/mol. The lowest BCUT2D eigenvalue weighted by atomic mass is 9.90. The summed E-state index contributed by atoms with van der Waals surface area (Å²) in [5, 5.41) is 21.3. The third-order valence-corrected chi connectivity index (χ3v) is 3.53. The molecule has 1 aromatic rings. The molecule has 1 atom stereocenters. The fourth-order valence-corrected chi connectivity index (χ4v) is 2.21. The number of aliphatic hydroxyl groups excluding tert-OH is 1. The summed E-state index contributed by atoms with van der Waals surface area (Å²) < 4.78 is 5.15. The van der Waals surface area contributed by atoms with Crippen LogP contribution in [0, 0.1) is 0 Å². The van der Waals surface area contributed by atoms with Gasteiger partial charge in [0, 0.05) is 6.54 Å². The van der Waals surface area contributed by atoms with Crippen molar-refractivity contribution >= 4 is 12.1 Å². The Labute approximate surface area is 128 Å². The number of likely N-dealkylation sites (tertiary alicyclic amines) is 1. The van der Waals surface area contributed by atoms with Crippen LogP contribution in [0.25, 0.3) is 0 Å². The summed E-state index contributed by atoms with van der Waals surface area (Å²) in [4.78, 5) is 24.5. The number of carbonyl (C=O) groups excluding carboxylic acids is 1. The molecule has 0 saturated carbocycles. The molecular formula is C15H20N2O5. The van der Waals surface area contributed by atoms with Gasteiger partial charge in [-0.05, 0) is 12.5 Å². The minimum Gasteiger partial charge on any atom is -0.480 e. The average molecular weight is 308 g/mol. The molecule has 1 heterocycles. The van der Waals surface area contributed by atoms with Crippen molar-refractivity contribution in [2.45, 2.75) is 25.2 Å². The summed E-state index contributed by atoms with van der Waals surface area (Å²) >= 11 is 0. The van der Waals surface area contributed by atoms with E-state index in [1.807, 2.05) is 30.3 Å². The molecule has 0 spiro atoms. The van der Waals surface area contributed by atoms with Crippen molar-refractivity contribution in [3.63, 3.8) is 0 Å². The predicted octanol–water partition coefficient (Wildman–Crippen LogP) is 0.433. The third-order valence-electron chi connectivity index (χ3n) is 3.53. The second-order valence-corrected chi connectivity index (χ2v) is 5.51. The molecule has 1 fully saturated rings. The Kier molecular flexibility index (Phi) is 4.99. The quantitative estimate of drug-likeness (QED) is 0.705. The Hall–Kier alpha value is -2.12. The van der Waals surface area contributed by atoms with Gasteiger partial charge in [0.15, 0.2) is 5.54 Å². The van der Waals surface area contributed by atoms with E-state index in [0.29, 0.717) is 0 Å². The first-order valence-electron chi connectivity index (χ1n) is 7.05. The molecule has 1 aliphatic heterocycles. The van der Waals surface area contributed by atoms with Gasteiger partial charge in [0.25, 0.3) is 0 Å². The van der Waals surface area contributed by atoms with Crippen LogP contribution in [0.2, 0.25) is 0 Å². The number of β-amino-alcohol motifs (C(OH)–C–C–N with tert-alkyl or cyclic N) is 1. The lowest BCUT2D eigenvalue weighted by molar-refractivity contribution is -0.152. The minimum atomic E-state index is -1.21. The van der Waals surface area contributed by atoms with Crippen molar-refractivity contribution in [1.29, 1.82) is 0 Å². The zero-order chi connectivity index (χ0) is 16.2. The molecule has 0 aromatic heterocycles. The third kappa shape index (κ3) is 3.75. The number of aliphatic carboxylic acids is 1. The highest BCUT2D eigenvalue weighted by molar-refractivity contribution is 5.84. The Morgan fingerprint density at radius 3 is 2.55 bits per heavy atom. The number of carboxylic acid groups (broad SMARTS) is 1. The molecule has 1 saturated heterocycles. The number of ether oxygens (including phenoxy) is 1. The average Bonchev–Trinajstić information content (AvgIpc) is 2.44. The topological polar surface area (TPSA) is 99.1 Å². The molecule has 22 heavy (non-hydrogen) atoms. The van der Waals surface area contributed by atoms with Crippen LogP contribution in [-0.2, 0) is 16.1 Å². The fraction of sp³-hybridized carbons (Fsp3) is 0.467. The van der Waals surface area contributed by atoms with E-state index in [0.717, 1.165) is 5.56 Å². The first kappa shape index (κ1) is 16.3. The zero-order valence-electron chi connectivity index (χ0n) is 12.4. The molecule has 0 aliphatic carbocycles. The lowest BCUT2D eigenvalue weighted by Gasteiger charge is -2.46. The van der Waals surface area contributed by atoms with Crippen LogP contribution in [0.3, 0.4) is 0 Å². The number of benzene rings is 1. The number of hydrogen-bond acceptors (Lipinski definition) is 5. The van der Waals surface area contributed by atoms with Gasteiger partial charge in [-0.25, -0.2) is 4.79 Å². The molecule has 2 rings (SSSR count). The molecule has 1 aliphatic rings. The second-order valence-electron chi connectivity index (χ2n) is 5.51. The van der Waals surface area contributed by atoms with E-state index in [4.69, 9.17) is 4.74 Å². The Bertz CT molecular complexity index is 526. The molecule has 1 unspecified atom stereocenters. The van der Waals surface area contributed by atoms with Crippen LogP contribution >= 0.6 is 0 Å². The van der Waals surface area contributed by atoms with Gasteiger partial charge in [0.05, 0.1) is 19.2 Å². The number of carboxylic acids is 1. The number of carbonyl (C=O) groups is 2. The van der Waals surface area contributed by atoms with Crippen LogP contribution in [0.5, 0.6) is 0 Å². The number of rotatable bonds is 6. The SMILES string of the molecule is CC(O)CNC1(C(=O)O)CN(C(=O)OCc2ccccc2)C1. The number of amides is 1. The number of nitrogens with one attached hydrogen (secondary N) is 1. The van der Waals surface area contributed by atoms with Crippen LogP contribution in [0.15, 0.2) is 30.3 Å². The first-order valence-corrected chi connectivity index (χ1v) is 7.05.